The number of nitrogens with zero attached hydrogens (tertiary/aromatic N) is 5. The molecule has 1 amide bonds. The third-order valence-electron chi connectivity index (χ3n) is 5.68. The molecule has 31 heavy (non-hydrogen) atoms. The molecule has 3 aromatic heterocycles. The van der Waals surface area contributed by atoms with E-state index >= 15 is 0 Å². The molecule has 5 rings (SSSR count). The van der Waals surface area contributed by atoms with Crippen molar-refractivity contribution in [3.05, 3.63) is 67.0 Å². The maximum atomic E-state index is 11.3. The second kappa shape index (κ2) is 8.55. The fourth-order valence-electron chi connectivity index (χ4n) is 4.18. The monoisotopic (exact) mass is 412 g/mol. The van der Waals surface area contributed by atoms with E-state index in [9.17, 15) is 4.79 Å². The average Bonchev–Trinajstić information content (AvgIpc) is 3.06. The first-order valence-electron chi connectivity index (χ1n) is 10.6. The van der Waals surface area contributed by atoms with Crippen molar-refractivity contribution >= 4 is 17.9 Å². The van der Waals surface area contributed by atoms with Crippen LogP contribution < -0.4 is 5.32 Å². The smallest absolute Gasteiger partial charge is 0.223 e. The first-order chi connectivity index (χ1) is 15.3. The van der Waals surface area contributed by atoms with E-state index in [-0.39, 0.29) is 6.04 Å². The van der Waals surface area contributed by atoms with Crippen molar-refractivity contribution in [1.82, 2.24) is 24.5 Å². The van der Waals surface area contributed by atoms with Gasteiger partial charge in [0.05, 0.1) is 16.8 Å². The maximum absolute atomic E-state index is 11.3. The number of anilines is 1. The predicted octanol–water partition coefficient (Wildman–Crippen LogP) is 3.88. The van der Waals surface area contributed by atoms with Crippen LogP contribution in [0.3, 0.4) is 0 Å². The summed E-state index contributed by atoms with van der Waals surface area (Å²) < 4.78 is 1.89. The van der Waals surface area contributed by atoms with Crippen molar-refractivity contribution in [1.29, 1.82) is 0 Å². The number of fused-ring (bicyclic) bond motifs is 1. The lowest BCUT2D eigenvalue weighted by Crippen LogP contribution is -2.34. The SMILES string of the molecule is O=CN1CCCCC(Nc2nccc(-c3c(-c4ccccc4)nn4ccccc34)n2)C1. The third-order valence-corrected chi connectivity index (χ3v) is 5.68. The van der Waals surface area contributed by atoms with Crippen molar-refractivity contribution in [2.45, 2.75) is 25.3 Å². The van der Waals surface area contributed by atoms with Crippen molar-refractivity contribution < 1.29 is 4.79 Å². The van der Waals surface area contributed by atoms with Crippen LogP contribution >= 0.6 is 0 Å². The first-order valence-corrected chi connectivity index (χ1v) is 10.6. The van der Waals surface area contributed by atoms with Gasteiger partial charge in [-0.15, -0.1) is 0 Å². The van der Waals surface area contributed by atoms with Gasteiger partial charge in [-0.3, -0.25) is 4.79 Å². The highest BCUT2D eigenvalue weighted by Crippen LogP contribution is 2.34. The normalized spacial score (nSPS) is 16.8. The van der Waals surface area contributed by atoms with E-state index in [2.05, 4.69) is 28.5 Å². The van der Waals surface area contributed by atoms with Crippen molar-refractivity contribution in [3.8, 4) is 22.5 Å². The van der Waals surface area contributed by atoms with Crippen molar-refractivity contribution in [2.75, 3.05) is 18.4 Å². The molecule has 0 saturated carbocycles. The zero-order chi connectivity index (χ0) is 21.0. The highest BCUT2D eigenvalue weighted by Gasteiger charge is 2.20. The number of hydrogen-bond donors (Lipinski definition) is 1. The number of hydrogen-bond acceptors (Lipinski definition) is 5. The Morgan fingerprint density at radius 3 is 2.77 bits per heavy atom. The number of amides is 1. The summed E-state index contributed by atoms with van der Waals surface area (Å²) in [7, 11) is 0. The fourth-order valence-corrected chi connectivity index (χ4v) is 4.18. The van der Waals surface area contributed by atoms with Gasteiger partial charge in [-0.25, -0.2) is 14.5 Å². The number of pyridine rings is 1. The standard InChI is InChI=1S/C24H24N6O/c31-17-29-14-6-4-10-19(16-29)26-24-25-13-12-20(27-24)22-21-11-5-7-15-30(21)28-23(22)18-8-2-1-3-9-18/h1-3,5,7-9,11-13,15,17,19H,4,6,10,14,16H2,(H,25,26,27). The van der Waals surface area contributed by atoms with E-state index in [0.717, 1.165) is 60.2 Å². The largest absolute Gasteiger partial charge is 0.350 e. The van der Waals surface area contributed by atoms with Crippen LogP contribution in [-0.2, 0) is 4.79 Å². The van der Waals surface area contributed by atoms with Crippen LogP contribution in [0.15, 0.2) is 67.0 Å². The summed E-state index contributed by atoms with van der Waals surface area (Å²) in [5.74, 6) is 0.574. The van der Waals surface area contributed by atoms with Gasteiger partial charge in [0.25, 0.3) is 0 Å². The van der Waals surface area contributed by atoms with Crippen LogP contribution in [-0.4, -0.2) is 50.0 Å². The highest BCUT2D eigenvalue weighted by molar-refractivity contribution is 5.90. The molecule has 1 aliphatic rings. The van der Waals surface area contributed by atoms with Crippen LogP contribution in [0, 0.1) is 0 Å². The van der Waals surface area contributed by atoms with E-state index < -0.39 is 0 Å². The molecule has 1 fully saturated rings. The summed E-state index contributed by atoms with van der Waals surface area (Å²) in [4.78, 5) is 22.4. The lowest BCUT2D eigenvalue weighted by atomic mass is 10.0. The molecular weight excluding hydrogens is 388 g/mol. The Balaban J connectivity index is 1.53. The van der Waals surface area contributed by atoms with Crippen LogP contribution in [0.4, 0.5) is 5.95 Å². The van der Waals surface area contributed by atoms with Crippen molar-refractivity contribution in [3.63, 3.8) is 0 Å². The molecule has 7 nitrogen and oxygen atoms in total. The number of rotatable bonds is 5. The van der Waals surface area contributed by atoms with Gasteiger partial charge in [0.1, 0.15) is 5.69 Å². The van der Waals surface area contributed by atoms with Gasteiger partial charge < -0.3 is 10.2 Å². The van der Waals surface area contributed by atoms with E-state index in [4.69, 9.17) is 10.1 Å². The Morgan fingerprint density at radius 1 is 1.03 bits per heavy atom. The molecule has 1 atom stereocenters. The Bertz CT molecular complexity index is 1190. The molecule has 4 heterocycles. The van der Waals surface area contributed by atoms with Gasteiger partial charge in [-0.2, -0.15) is 5.10 Å². The molecule has 0 aliphatic carbocycles. The van der Waals surface area contributed by atoms with Crippen LogP contribution in [0.1, 0.15) is 19.3 Å². The molecule has 0 spiro atoms. The van der Waals surface area contributed by atoms with Gasteiger partial charge in [-0.05, 0) is 37.5 Å². The number of carbonyl (C=O) groups is 1. The Morgan fingerprint density at radius 2 is 1.90 bits per heavy atom. The third kappa shape index (κ3) is 3.99. The molecule has 1 aliphatic heterocycles. The zero-order valence-electron chi connectivity index (χ0n) is 17.2. The Labute approximate surface area is 180 Å². The molecule has 1 aromatic carbocycles. The summed E-state index contributed by atoms with van der Waals surface area (Å²) in [6.45, 7) is 1.48. The first kappa shape index (κ1) is 19.2. The highest BCUT2D eigenvalue weighted by atomic mass is 16.1. The summed E-state index contributed by atoms with van der Waals surface area (Å²) >= 11 is 0. The summed E-state index contributed by atoms with van der Waals surface area (Å²) in [5.41, 5.74) is 4.72. The molecule has 1 N–H and O–H groups in total. The zero-order valence-corrected chi connectivity index (χ0v) is 17.2. The molecule has 156 valence electrons. The molecule has 7 heteroatoms. The summed E-state index contributed by atoms with van der Waals surface area (Å²) in [6.07, 6.45) is 7.76. The van der Waals surface area contributed by atoms with Crippen LogP contribution in [0.25, 0.3) is 28.0 Å². The second-order valence-corrected chi connectivity index (χ2v) is 7.82. The van der Waals surface area contributed by atoms with E-state index in [1.807, 2.05) is 52.0 Å². The lowest BCUT2D eigenvalue weighted by Gasteiger charge is -2.21. The maximum Gasteiger partial charge on any atom is 0.223 e. The molecule has 1 saturated heterocycles. The minimum Gasteiger partial charge on any atom is -0.350 e. The molecular formula is C24H24N6O. The van der Waals surface area contributed by atoms with Gasteiger partial charge in [-0.1, -0.05) is 36.4 Å². The Hall–Kier alpha value is -3.74. The summed E-state index contributed by atoms with van der Waals surface area (Å²) in [6, 6.07) is 18.2. The summed E-state index contributed by atoms with van der Waals surface area (Å²) in [5, 5.41) is 8.27. The van der Waals surface area contributed by atoms with E-state index in [0.29, 0.717) is 12.5 Å². The number of carbonyl (C=O) groups excluding carboxylic acids is 1. The minimum atomic E-state index is 0.139. The fraction of sp³-hybridized carbons (Fsp3) is 0.250. The van der Waals surface area contributed by atoms with Gasteiger partial charge in [0, 0.05) is 37.1 Å². The van der Waals surface area contributed by atoms with Gasteiger partial charge in [0.15, 0.2) is 0 Å². The molecule has 1 unspecified atom stereocenters. The van der Waals surface area contributed by atoms with E-state index in [1.165, 1.54) is 0 Å². The lowest BCUT2D eigenvalue weighted by molar-refractivity contribution is -0.118. The molecule has 4 aromatic rings. The molecule has 0 bridgehead atoms. The Kier molecular flexibility index (Phi) is 5.31. The predicted molar refractivity (Wildman–Crippen MR) is 121 cm³/mol. The van der Waals surface area contributed by atoms with Crippen molar-refractivity contribution in [2.24, 2.45) is 0 Å². The molecule has 0 radical (unpaired) electrons. The number of nitrogens with one attached hydrogen (secondary N) is 1. The topological polar surface area (TPSA) is 75.4 Å². The van der Waals surface area contributed by atoms with Gasteiger partial charge in [0.2, 0.25) is 12.4 Å². The van der Waals surface area contributed by atoms with E-state index in [1.54, 1.807) is 6.20 Å². The minimum absolute atomic E-state index is 0.139. The number of benzene rings is 1. The quantitative estimate of drug-likeness (QED) is 0.504. The number of likely N-dealkylation sites (tertiary alicyclic amines) is 1. The van der Waals surface area contributed by atoms with Crippen LogP contribution in [0.2, 0.25) is 0 Å². The van der Waals surface area contributed by atoms with Gasteiger partial charge >= 0.3 is 0 Å². The van der Waals surface area contributed by atoms with Crippen LogP contribution in [0.5, 0.6) is 0 Å². The average molecular weight is 412 g/mol. The second-order valence-electron chi connectivity index (χ2n) is 7.82. The number of aromatic nitrogens is 4.